The highest BCUT2D eigenvalue weighted by molar-refractivity contribution is 9.10. The molecule has 104 valence electrons. The standard InChI is InChI=1S/C16H10Br2N2O/c17-13-4-1-11-8-14(5-2-10(11)7-13)20-16(21)12-3-6-15(18)19-9-12/h1-9H,(H,20,21). The second kappa shape index (κ2) is 5.95. The predicted molar refractivity (Wildman–Crippen MR) is 91.5 cm³/mol. The number of anilines is 1. The van der Waals surface area contributed by atoms with Gasteiger partial charge in [0.05, 0.1) is 5.56 Å². The molecule has 0 fully saturated rings. The van der Waals surface area contributed by atoms with Crippen LogP contribution in [-0.2, 0) is 0 Å². The Bertz CT molecular complexity index is 816. The van der Waals surface area contributed by atoms with Gasteiger partial charge >= 0.3 is 0 Å². The molecule has 2 aromatic carbocycles. The summed E-state index contributed by atoms with van der Waals surface area (Å²) in [5.74, 6) is -0.175. The first-order chi connectivity index (χ1) is 10.1. The lowest BCUT2D eigenvalue weighted by atomic mass is 10.1. The maximum absolute atomic E-state index is 12.1. The molecule has 3 rings (SSSR count). The van der Waals surface area contributed by atoms with Gasteiger partial charge in [-0.15, -0.1) is 0 Å². The number of carbonyl (C=O) groups is 1. The van der Waals surface area contributed by atoms with Crippen LogP contribution in [0.25, 0.3) is 10.8 Å². The van der Waals surface area contributed by atoms with E-state index in [4.69, 9.17) is 0 Å². The third kappa shape index (κ3) is 3.31. The summed E-state index contributed by atoms with van der Waals surface area (Å²) in [4.78, 5) is 16.2. The van der Waals surface area contributed by atoms with E-state index in [1.165, 1.54) is 6.20 Å². The van der Waals surface area contributed by atoms with Gasteiger partial charge in [0.25, 0.3) is 5.91 Å². The molecule has 1 aromatic heterocycles. The molecule has 1 N–H and O–H groups in total. The summed E-state index contributed by atoms with van der Waals surface area (Å²) in [5.41, 5.74) is 1.28. The van der Waals surface area contributed by atoms with Crippen LogP contribution in [0, 0.1) is 0 Å². The highest BCUT2D eigenvalue weighted by Gasteiger charge is 2.07. The highest BCUT2D eigenvalue weighted by atomic mass is 79.9. The Balaban J connectivity index is 1.85. The minimum absolute atomic E-state index is 0.175. The first-order valence-corrected chi connectivity index (χ1v) is 7.83. The number of halogens is 2. The zero-order valence-corrected chi connectivity index (χ0v) is 14.0. The van der Waals surface area contributed by atoms with Crippen molar-refractivity contribution >= 4 is 54.2 Å². The van der Waals surface area contributed by atoms with E-state index in [2.05, 4.69) is 42.2 Å². The van der Waals surface area contributed by atoms with Gasteiger partial charge in [0, 0.05) is 16.4 Å². The Kier molecular flexibility index (Phi) is 4.03. The van der Waals surface area contributed by atoms with E-state index in [0.29, 0.717) is 10.2 Å². The van der Waals surface area contributed by atoms with Crippen LogP contribution in [0.4, 0.5) is 5.69 Å². The summed E-state index contributed by atoms with van der Waals surface area (Å²) in [7, 11) is 0. The minimum Gasteiger partial charge on any atom is -0.322 e. The molecule has 1 amide bonds. The molecule has 0 spiro atoms. The molecule has 0 saturated carbocycles. The number of hydrogen-bond acceptors (Lipinski definition) is 2. The molecular formula is C16H10Br2N2O. The average molecular weight is 406 g/mol. The number of fused-ring (bicyclic) bond motifs is 1. The van der Waals surface area contributed by atoms with Crippen molar-refractivity contribution in [2.45, 2.75) is 0 Å². The quantitative estimate of drug-likeness (QED) is 0.608. The van der Waals surface area contributed by atoms with Crippen LogP contribution in [-0.4, -0.2) is 10.9 Å². The third-order valence-electron chi connectivity index (χ3n) is 3.05. The van der Waals surface area contributed by atoms with Crippen molar-refractivity contribution < 1.29 is 4.79 Å². The monoisotopic (exact) mass is 404 g/mol. The average Bonchev–Trinajstić information content (AvgIpc) is 2.48. The van der Waals surface area contributed by atoms with Gasteiger partial charge in [0.2, 0.25) is 0 Å². The molecule has 3 aromatic rings. The molecule has 0 aliphatic heterocycles. The van der Waals surface area contributed by atoms with E-state index in [-0.39, 0.29) is 5.91 Å². The maximum Gasteiger partial charge on any atom is 0.257 e. The van der Waals surface area contributed by atoms with Crippen molar-refractivity contribution in [3.05, 3.63) is 69.4 Å². The number of carbonyl (C=O) groups excluding carboxylic acids is 1. The summed E-state index contributed by atoms with van der Waals surface area (Å²) in [6, 6.07) is 15.3. The summed E-state index contributed by atoms with van der Waals surface area (Å²) < 4.78 is 1.74. The molecule has 0 radical (unpaired) electrons. The second-order valence-corrected chi connectivity index (χ2v) is 6.26. The van der Waals surface area contributed by atoms with Crippen LogP contribution in [0.1, 0.15) is 10.4 Å². The molecular weight excluding hydrogens is 396 g/mol. The van der Waals surface area contributed by atoms with Crippen LogP contribution in [0.3, 0.4) is 0 Å². The summed E-state index contributed by atoms with van der Waals surface area (Å²) in [6.45, 7) is 0. The smallest absolute Gasteiger partial charge is 0.257 e. The Labute approximate surface area is 138 Å². The van der Waals surface area contributed by atoms with Crippen molar-refractivity contribution in [2.75, 3.05) is 5.32 Å². The van der Waals surface area contributed by atoms with Crippen molar-refractivity contribution in [1.82, 2.24) is 4.98 Å². The Hall–Kier alpha value is -1.72. The number of pyridine rings is 1. The maximum atomic E-state index is 12.1. The topological polar surface area (TPSA) is 42.0 Å². The Morgan fingerprint density at radius 3 is 2.48 bits per heavy atom. The number of rotatable bonds is 2. The fraction of sp³-hybridized carbons (Fsp3) is 0. The number of nitrogens with one attached hydrogen (secondary N) is 1. The molecule has 0 unspecified atom stereocenters. The van der Waals surface area contributed by atoms with E-state index in [0.717, 1.165) is 20.9 Å². The van der Waals surface area contributed by atoms with Gasteiger partial charge < -0.3 is 5.32 Å². The van der Waals surface area contributed by atoms with Crippen molar-refractivity contribution in [3.8, 4) is 0 Å². The Morgan fingerprint density at radius 2 is 1.71 bits per heavy atom. The predicted octanol–water partition coefficient (Wildman–Crippen LogP) is 5.01. The summed E-state index contributed by atoms with van der Waals surface area (Å²) >= 11 is 6.69. The molecule has 1 heterocycles. The number of nitrogens with zero attached hydrogens (tertiary/aromatic N) is 1. The number of benzene rings is 2. The molecule has 5 heteroatoms. The summed E-state index contributed by atoms with van der Waals surface area (Å²) in [5, 5.41) is 5.07. The largest absolute Gasteiger partial charge is 0.322 e. The molecule has 0 atom stereocenters. The lowest BCUT2D eigenvalue weighted by molar-refractivity contribution is 0.102. The molecule has 21 heavy (non-hydrogen) atoms. The van der Waals surface area contributed by atoms with Gasteiger partial charge in [-0.25, -0.2) is 4.98 Å². The zero-order chi connectivity index (χ0) is 14.8. The van der Waals surface area contributed by atoms with E-state index in [1.807, 2.05) is 36.4 Å². The van der Waals surface area contributed by atoms with Crippen molar-refractivity contribution in [1.29, 1.82) is 0 Å². The first kappa shape index (κ1) is 14.2. The van der Waals surface area contributed by atoms with Crippen molar-refractivity contribution in [2.24, 2.45) is 0 Å². The minimum atomic E-state index is -0.175. The number of aromatic nitrogens is 1. The Morgan fingerprint density at radius 1 is 0.952 bits per heavy atom. The van der Waals surface area contributed by atoms with Gasteiger partial charge in [0.1, 0.15) is 4.60 Å². The lowest BCUT2D eigenvalue weighted by Crippen LogP contribution is -2.11. The van der Waals surface area contributed by atoms with Crippen LogP contribution in [0.15, 0.2) is 63.8 Å². The lowest BCUT2D eigenvalue weighted by Gasteiger charge is -2.07. The van der Waals surface area contributed by atoms with Crippen LogP contribution < -0.4 is 5.32 Å². The van der Waals surface area contributed by atoms with Crippen LogP contribution in [0.2, 0.25) is 0 Å². The van der Waals surface area contributed by atoms with Crippen molar-refractivity contribution in [3.63, 3.8) is 0 Å². The van der Waals surface area contributed by atoms with Gasteiger partial charge in [-0.05, 0) is 63.1 Å². The fourth-order valence-electron chi connectivity index (χ4n) is 2.01. The van der Waals surface area contributed by atoms with Gasteiger partial charge in [-0.2, -0.15) is 0 Å². The zero-order valence-electron chi connectivity index (χ0n) is 10.8. The SMILES string of the molecule is O=C(Nc1ccc2cc(Br)ccc2c1)c1ccc(Br)nc1. The van der Waals surface area contributed by atoms with E-state index in [9.17, 15) is 4.79 Å². The third-order valence-corrected chi connectivity index (χ3v) is 4.01. The molecule has 0 aliphatic carbocycles. The van der Waals surface area contributed by atoms with Crippen LogP contribution >= 0.6 is 31.9 Å². The molecule has 0 bridgehead atoms. The van der Waals surface area contributed by atoms with Gasteiger partial charge in [-0.3, -0.25) is 4.79 Å². The highest BCUT2D eigenvalue weighted by Crippen LogP contribution is 2.23. The van der Waals surface area contributed by atoms with Gasteiger partial charge in [0.15, 0.2) is 0 Å². The molecule has 0 aliphatic rings. The fourth-order valence-corrected chi connectivity index (χ4v) is 2.62. The molecule has 3 nitrogen and oxygen atoms in total. The van der Waals surface area contributed by atoms with E-state index >= 15 is 0 Å². The number of amides is 1. The first-order valence-electron chi connectivity index (χ1n) is 6.24. The van der Waals surface area contributed by atoms with E-state index in [1.54, 1.807) is 12.1 Å². The van der Waals surface area contributed by atoms with E-state index < -0.39 is 0 Å². The van der Waals surface area contributed by atoms with Crippen LogP contribution in [0.5, 0.6) is 0 Å². The molecule has 0 saturated heterocycles. The van der Waals surface area contributed by atoms with Gasteiger partial charge in [-0.1, -0.05) is 28.1 Å². The normalized spacial score (nSPS) is 10.6. The summed E-state index contributed by atoms with van der Waals surface area (Å²) in [6.07, 6.45) is 1.54. The number of hydrogen-bond donors (Lipinski definition) is 1. The second-order valence-electron chi connectivity index (χ2n) is 4.53.